The predicted molar refractivity (Wildman–Crippen MR) is 118 cm³/mol. The number of hydrogen-bond acceptors (Lipinski definition) is 7. The fourth-order valence-corrected chi connectivity index (χ4v) is 4.09. The van der Waals surface area contributed by atoms with Gasteiger partial charge in [0.1, 0.15) is 11.3 Å². The zero-order chi connectivity index (χ0) is 21.4. The molecule has 1 saturated carbocycles. The highest BCUT2D eigenvalue weighted by Crippen LogP contribution is 2.30. The standard InChI is InChI=1S/C23H25N5O3/c1-13(29)21-18-10-5-15(11-19(18)27-28-21)25-23-24-12-14-3-2-4-20(22(14)26-23)31-17-8-6-16(30)7-9-17/h2-5,10-13,16-17,29-30H,6-9H2,1H3,(H,27,28)(H,24,25,26)/t13?,16-,17+. The number of anilines is 2. The average molecular weight is 419 g/mol. The van der Waals surface area contributed by atoms with Crippen LogP contribution >= 0.6 is 0 Å². The first-order valence-electron chi connectivity index (χ1n) is 10.6. The van der Waals surface area contributed by atoms with E-state index in [1.807, 2.05) is 36.4 Å². The zero-order valence-electron chi connectivity index (χ0n) is 17.2. The molecular weight excluding hydrogens is 394 g/mol. The lowest BCUT2D eigenvalue weighted by Crippen LogP contribution is -2.26. The van der Waals surface area contributed by atoms with Crippen LogP contribution < -0.4 is 10.1 Å². The van der Waals surface area contributed by atoms with E-state index < -0.39 is 6.10 Å². The summed E-state index contributed by atoms with van der Waals surface area (Å²) in [6, 6.07) is 11.6. The number of benzene rings is 2. The van der Waals surface area contributed by atoms with Crippen molar-refractivity contribution in [2.45, 2.75) is 50.9 Å². The number of para-hydroxylation sites is 1. The topological polar surface area (TPSA) is 116 Å². The maximum atomic E-state index is 9.83. The number of nitrogens with zero attached hydrogens (tertiary/aromatic N) is 3. The highest BCUT2D eigenvalue weighted by molar-refractivity contribution is 5.87. The van der Waals surface area contributed by atoms with Gasteiger partial charge in [0.15, 0.2) is 0 Å². The summed E-state index contributed by atoms with van der Waals surface area (Å²) in [6.45, 7) is 1.69. The molecule has 1 atom stereocenters. The summed E-state index contributed by atoms with van der Waals surface area (Å²) in [7, 11) is 0. The minimum absolute atomic E-state index is 0.0891. The molecule has 0 saturated heterocycles. The van der Waals surface area contributed by atoms with Crippen LogP contribution in [0.1, 0.15) is 44.4 Å². The van der Waals surface area contributed by atoms with Gasteiger partial charge in [-0.1, -0.05) is 12.1 Å². The van der Waals surface area contributed by atoms with E-state index in [1.165, 1.54) is 0 Å². The number of fused-ring (bicyclic) bond motifs is 2. The second-order valence-corrected chi connectivity index (χ2v) is 8.11. The Balaban J connectivity index is 1.41. The van der Waals surface area contributed by atoms with E-state index in [1.54, 1.807) is 13.1 Å². The Morgan fingerprint density at radius 3 is 2.81 bits per heavy atom. The van der Waals surface area contributed by atoms with Gasteiger partial charge in [0, 0.05) is 22.7 Å². The molecule has 1 fully saturated rings. The summed E-state index contributed by atoms with van der Waals surface area (Å²) < 4.78 is 6.24. The lowest BCUT2D eigenvalue weighted by molar-refractivity contribution is 0.0672. The summed E-state index contributed by atoms with van der Waals surface area (Å²) in [5.41, 5.74) is 3.02. The molecule has 0 aliphatic heterocycles. The minimum atomic E-state index is -0.637. The van der Waals surface area contributed by atoms with E-state index in [4.69, 9.17) is 9.72 Å². The Hall–Kier alpha value is -3.23. The fraction of sp³-hybridized carbons (Fsp3) is 0.348. The van der Waals surface area contributed by atoms with Crippen LogP contribution in [-0.2, 0) is 0 Å². The van der Waals surface area contributed by atoms with Gasteiger partial charge in [0.05, 0.1) is 29.5 Å². The molecule has 0 amide bonds. The van der Waals surface area contributed by atoms with Gasteiger partial charge in [-0.2, -0.15) is 5.10 Å². The van der Waals surface area contributed by atoms with Gasteiger partial charge in [-0.15, -0.1) is 0 Å². The fourth-order valence-electron chi connectivity index (χ4n) is 4.09. The maximum Gasteiger partial charge on any atom is 0.227 e. The predicted octanol–water partition coefficient (Wildman–Crippen LogP) is 3.99. The molecule has 8 heteroatoms. The van der Waals surface area contributed by atoms with Crippen LogP contribution in [0.25, 0.3) is 21.8 Å². The van der Waals surface area contributed by atoms with Gasteiger partial charge in [-0.3, -0.25) is 5.10 Å². The molecule has 5 rings (SSSR count). The molecule has 160 valence electrons. The van der Waals surface area contributed by atoms with Crippen LogP contribution in [-0.4, -0.2) is 42.6 Å². The number of aliphatic hydroxyl groups is 2. The Bertz CT molecular complexity index is 1210. The number of nitrogens with one attached hydrogen (secondary N) is 2. The first-order chi connectivity index (χ1) is 15.1. The molecular formula is C23H25N5O3. The van der Waals surface area contributed by atoms with Crippen LogP contribution in [0.15, 0.2) is 42.6 Å². The highest BCUT2D eigenvalue weighted by atomic mass is 16.5. The lowest BCUT2D eigenvalue weighted by atomic mass is 9.95. The Kier molecular flexibility index (Phi) is 5.17. The SMILES string of the molecule is CC(O)c1n[nH]c2cc(Nc3ncc4cccc(O[C@H]5CC[C@@H](O)CC5)c4n3)ccc12. The minimum Gasteiger partial charge on any atom is -0.488 e. The first kappa shape index (κ1) is 19.7. The second-order valence-electron chi connectivity index (χ2n) is 8.11. The van der Waals surface area contributed by atoms with Crippen LogP contribution in [0.4, 0.5) is 11.6 Å². The van der Waals surface area contributed by atoms with E-state index in [2.05, 4.69) is 20.5 Å². The molecule has 1 aliphatic carbocycles. The zero-order valence-corrected chi connectivity index (χ0v) is 17.2. The van der Waals surface area contributed by atoms with Crippen molar-refractivity contribution < 1.29 is 14.9 Å². The highest BCUT2D eigenvalue weighted by Gasteiger charge is 2.21. The van der Waals surface area contributed by atoms with E-state index in [0.29, 0.717) is 11.6 Å². The molecule has 0 radical (unpaired) electrons. The van der Waals surface area contributed by atoms with Crippen LogP contribution in [0.5, 0.6) is 5.75 Å². The number of hydrogen-bond donors (Lipinski definition) is 4. The van der Waals surface area contributed by atoms with Crippen molar-refractivity contribution >= 4 is 33.4 Å². The van der Waals surface area contributed by atoms with Crippen molar-refractivity contribution in [3.8, 4) is 5.75 Å². The lowest BCUT2D eigenvalue weighted by Gasteiger charge is -2.26. The van der Waals surface area contributed by atoms with E-state index in [9.17, 15) is 10.2 Å². The Morgan fingerprint density at radius 2 is 2.00 bits per heavy atom. The first-order valence-corrected chi connectivity index (χ1v) is 10.6. The van der Waals surface area contributed by atoms with Crippen molar-refractivity contribution in [1.29, 1.82) is 0 Å². The second kappa shape index (κ2) is 8.13. The van der Waals surface area contributed by atoms with Crippen LogP contribution in [0.2, 0.25) is 0 Å². The summed E-state index contributed by atoms with van der Waals surface area (Å²) in [4.78, 5) is 9.14. The van der Waals surface area contributed by atoms with Gasteiger partial charge in [0.2, 0.25) is 5.95 Å². The maximum absolute atomic E-state index is 9.83. The van der Waals surface area contributed by atoms with Crippen molar-refractivity contribution in [1.82, 2.24) is 20.2 Å². The molecule has 0 spiro atoms. The number of ether oxygens (including phenoxy) is 1. The number of aromatic nitrogens is 4. The molecule has 2 aromatic heterocycles. The summed E-state index contributed by atoms with van der Waals surface area (Å²) in [5.74, 6) is 1.20. The molecule has 4 aromatic rings. The molecule has 4 N–H and O–H groups in total. The smallest absolute Gasteiger partial charge is 0.227 e. The van der Waals surface area contributed by atoms with Gasteiger partial charge < -0.3 is 20.3 Å². The van der Waals surface area contributed by atoms with Crippen LogP contribution in [0.3, 0.4) is 0 Å². The molecule has 1 aliphatic rings. The molecule has 0 bridgehead atoms. The third-order valence-electron chi connectivity index (χ3n) is 5.76. The Labute approximate surface area is 179 Å². The summed E-state index contributed by atoms with van der Waals surface area (Å²) in [6.07, 6.45) is 4.23. The number of rotatable bonds is 5. The molecule has 31 heavy (non-hydrogen) atoms. The Morgan fingerprint density at radius 1 is 1.16 bits per heavy atom. The monoisotopic (exact) mass is 419 g/mol. The van der Waals surface area contributed by atoms with Gasteiger partial charge >= 0.3 is 0 Å². The van der Waals surface area contributed by atoms with E-state index in [-0.39, 0.29) is 12.2 Å². The quantitative estimate of drug-likeness (QED) is 0.386. The molecule has 8 nitrogen and oxygen atoms in total. The third kappa shape index (κ3) is 4.04. The van der Waals surface area contributed by atoms with Crippen molar-refractivity contribution in [2.24, 2.45) is 0 Å². The average Bonchev–Trinajstić information content (AvgIpc) is 3.19. The number of H-pyrrole nitrogens is 1. The normalized spacial score (nSPS) is 20.1. The van der Waals surface area contributed by atoms with Crippen molar-refractivity contribution in [2.75, 3.05) is 5.32 Å². The van der Waals surface area contributed by atoms with Gasteiger partial charge in [0.25, 0.3) is 0 Å². The van der Waals surface area contributed by atoms with Gasteiger partial charge in [-0.25, -0.2) is 9.97 Å². The summed E-state index contributed by atoms with van der Waals surface area (Å²) in [5, 5.41) is 31.7. The van der Waals surface area contributed by atoms with Crippen molar-refractivity contribution in [3.63, 3.8) is 0 Å². The van der Waals surface area contributed by atoms with E-state index >= 15 is 0 Å². The number of aromatic amines is 1. The molecule has 2 heterocycles. The van der Waals surface area contributed by atoms with Crippen LogP contribution in [0, 0.1) is 0 Å². The summed E-state index contributed by atoms with van der Waals surface area (Å²) >= 11 is 0. The molecule has 2 aromatic carbocycles. The van der Waals surface area contributed by atoms with Crippen molar-refractivity contribution in [3.05, 3.63) is 48.3 Å². The van der Waals surface area contributed by atoms with E-state index in [0.717, 1.165) is 58.9 Å². The third-order valence-corrected chi connectivity index (χ3v) is 5.76. The largest absolute Gasteiger partial charge is 0.488 e. The molecule has 1 unspecified atom stereocenters. The number of aliphatic hydroxyl groups excluding tert-OH is 2. The van der Waals surface area contributed by atoms with Gasteiger partial charge in [-0.05, 0) is 56.9 Å².